The maximum absolute atomic E-state index is 12.6. The van der Waals surface area contributed by atoms with E-state index in [2.05, 4.69) is 5.32 Å². The molecular weight excluding hydrogens is 366 g/mol. The molecule has 1 N–H and O–H groups in total. The molecule has 1 amide bonds. The molecule has 0 aliphatic rings. The van der Waals surface area contributed by atoms with Crippen molar-refractivity contribution in [1.29, 1.82) is 0 Å². The Hall–Kier alpha value is -3.86. The van der Waals surface area contributed by atoms with Crippen molar-refractivity contribution in [2.24, 2.45) is 0 Å². The van der Waals surface area contributed by atoms with Gasteiger partial charge in [-0.05, 0) is 50.2 Å². The van der Waals surface area contributed by atoms with Gasteiger partial charge in [-0.1, -0.05) is 36.4 Å². The molecule has 0 spiro atoms. The lowest BCUT2D eigenvalue weighted by atomic mass is 10.00. The molecule has 0 saturated heterocycles. The summed E-state index contributed by atoms with van der Waals surface area (Å²) in [6.07, 6.45) is 0. The third-order valence-electron chi connectivity index (χ3n) is 4.51. The van der Waals surface area contributed by atoms with Crippen molar-refractivity contribution in [2.45, 2.75) is 13.8 Å². The van der Waals surface area contributed by atoms with Gasteiger partial charge in [0.1, 0.15) is 0 Å². The van der Waals surface area contributed by atoms with Crippen LogP contribution in [0.5, 0.6) is 0 Å². The monoisotopic (exact) mass is 385 g/mol. The molecule has 0 aliphatic carbocycles. The van der Waals surface area contributed by atoms with E-state index in [1.165, 1.54) is 13.8 Å². The maximum atomic E-state index is 12.6. The molecule has 0 unspecified atom stereocenters. The summed E-state index contributed by atoms with van der Waals surface area (Å²) in [5.41, 5.74) is 3.02. The zero-order chi connectivity index (χ0) is 21.0. The van der Waals surface area contributed by atoms with E-state index in [-0.39, 0.29) is 23.3 Å². The summed E-state index contributed by atoms with van der Waals surface area (Å²) in [5, 5.41) is 2.75. The van der Waals surface area contributed by atoms with Gasteiger partial charge in [0, 0.05) is 33.5 Å². The number of amides is 1. The number of Topliss-reactive ketones (excluding diaryl/α,β-unsaturated/α-hetero) is 2. The zero-order valence-electron chi connectivity index (χ0n) is 16.1. The van der Waals surface area contributed by atoms with Crippen LogP contribution in [0.25, 0.3) is 0 Å². The first-order valence-electron chi connectivity index (χ1n) is 9.03. The highest BCUT2D eigenvalue weighted by Gasteiger charge is 2.12. The third-order valence-corrected chi connectivity index (χ3v) is 4.51. The molecule has 0 aromatic heterocycles. The first-order valence-corrected chi connectivity index (χ1v) is 9.03. The van der Waals surface area contributed by atoms with Crippen LogP contribution >= 0.6 is 0 Å². The molecule has 0 heterocycles. The number of hydrogen-bond donors (Lipinski definition) is 1. The predicted octanol–water partition coefficient (Wildman–Crippen LogP) is 4.58. The van der Waals surface area contributed by atoms with E-state index in [0.29, 0.717) is 33.5 Å². The minimum atomic E-state index is -0.314. The molecule has 0 radical (unpaired) electrons. The summed E-state index contributed by atoms with van der Waals surface area (Å²) >= 11 is 0. The fourth-order valence-electron chi connectivity index (χ4n) is 2.79. The fourth-order valence-corrected chi connectivity index (χ4v) is 2.79. The molecule has 5 nitrogen and oxygen atoms in total. The smallest absolute Gasteiger partial charge is 0.255 e. The first-order chi connectivity index (χ1) is 13.8. The third kappa shape index (κ3) is 4.71. The average Bonchev–Trinajstić information content (AvgIpc) is 2.73. The molecule has 0 aliphatic heterocycles. The molecule has 0 saturated carbocycles. The minimum Gasteiger partial charge on any atom is -0.322 e. The number of carbonyl (C=O) groups excluding carboxylic acids is 4. The standard InChI is InChI=1S/C24H19NO4/c1-15(26)17-3-5-19(6-4-17)23(28)20-7-9-21(10-8-20)24(29)25-22-13-11-18(12-14-22)16(2)27/h3-14H,1-2H3,(H,25,29). The molecule has 29 heavy (non-hydrogen) atoms. The Kier molecular flexibility index (Phi) is 5.79. The second-order valence-electron chi connectivity index (χ2n) is 6.63. The minimum absolute atomic E-state index is 0.0425. The summed E-state index contributed by atoms with van der Waals surface area (Å²) in [5.74, 6) is -0.605. The summed E-state index contributed by atoms with van der Waals surface area (Å²) < 4.78 is 0. The summed E-state index contributed by atoms with van der Waals surface area (Å²) in [7, 11) is 0. The molecule has 144 valence electrons. The van der Waals surface area contributed by atoms with Crippen molar-refractivity contribution in [1.82, 2.24) is 0 Å². The Balaban J connectivity index is 1.70. The number of benzene rings is 3. The molecule has 0 bridgehead atoms. The van der Waals surface area contributed by atoms with Crippen molar-refractivity contribution in [2.75, 3.05) is 5.32 Å². The van der Waals surface area contributed by atoms with Crippen LogP contribution in [-0.2, 0) is 0 Å². The van der Waals surface area contributed by atoms with Gasteiger partial charge in [0.15, 0.2) is 17.3 Å². The number of nitrogens with one attached hydrogen (secondary N) is 1. The zero-order valence-corrected chi connectivity index (χ0v) is 16.1. The van der Waals surface area contributed by atoms with Gasteiger partial charge in [-0.3, -0.25) is 19.2 Å². The summed E-state index contributed by atoms with van der Waals surface area (Å²) in [6, 6.07) is 19.4. The van der Waals surface area contributed by atoms with E-state index in [9.17, 15) is 19.2 Å². The van der Waals surface area contributed by atoms with Crippen LogP contribution in [0.1, 0.15) is 60.8 Å². The molecule has 3 aromatic carbocycles. The predicted molar refractivity (Wildman–Crippen MR) is 111 cm³/mol. The lowest BCUT2D eigenvalue weighted by Gasteiger charge is -2.07. The summed E-state index contributed by atoms with van der Waals surface area (Å²) in [6.45, 7) is 2.95. The van der Waals surface area contributed by atoms with Crippen LogP contribution in [0.15, 0.2) is 72.8 Å². The molecule has 3 aromatic rings. The van der Waals surface area contributed by atoms with Gasteiger partial charge >= 0.3 is 0 Å². The molecule has 5 heteroatoms. The van der Waals surface area contributed by atoms with Gasteiger partial charge in [0.2, 0.25) is 0 Å². The Bertz CT molecular complexity index is 1080. The second-order valence-corrected chi connectivity index (χ2v) is 6.63. The highest BCUT2D eigenvalue weighted by molar-refractivity contribution is 6.10. The largest absolute Gasteiger partial charge is 0.322 e. The first kappa shape index (κ1) is 19.9. The van der Waals surface area contributed by atoms with Crippen molar-refractivity contribution in [3.8, 4) is 0 Å². The Morgan fingerprint density at radius 3 is 1.28 bits per heavy atom. The maximum Gasteiger partial charge on any atom is 0.255 e. The van der Waals surface area contributed by atoms with Crippen LogP contribution in [0.4, 0.5) is 5.69 Å². The second kappa shape index (κ2) is 8.44. The lowest BCUT2D eigenvalue weighted by molar-refractivity contribution is 0.100. The van der Waals surface area contributed by atoms with E-state index in [1.807, 2.05) is 0 Å². The van der Waals surface area contributed by atoms with E-state index >= 15 is 0 Å². The Morgan fingerprint density at radius 2 is 0.862 bits per heavy atom. The lowest BCUT2D eigenvalue weighted by Crippen LogP contribution is -2.12. The van der Waals surface area contributed by atoms with E-state index in [0.717, 1.165) is 0 Å². The van der Waals surface area contributed by atoms with Gasteiger partial charge in [-0.15, -0.1) is 0 Å². The van der Waals surface area contributed by atoms with Crippen molar-refractivity contribution < 1.29 is 19.2 Å². The van der Waals surface area contributed by atoms with Crippen LogP contribution in [-0.4, -0.2) is 23.3 Å². The molecular formula is C24H19NO4. The quantitative estimate of drug-likeness (QED) is 0.630. The SMILES string of the molecule is CC(=O)c1ccc(NC(=O)c2ccc(C(=O)c3ccc(C(C)=O)cc3)cc2)cc1. The van der Waals surface area contributed by atoms with Gasteiger partial charge < -0.3 is 5.32 Å². The van der Waals surface area contributed by atoms with Crippen molar-refractivity contribution >= 4 is 28.9 Å². The van der Waals surface area contributed by atoms with Crippen LogP contribution in [0.2, 0.25) is 0 Å². The van der Waals surface area contributed by atoms with Crippen molar-refractivity contribution in [3.05, 3.63) is 101 Å². The average molecular weight is 385 g/mol. The van der Waals surface area contributed by atoms with E-state index in [1.54, 1.807) is 72.8 Å². The number of anilines is 1. The number of carbonyl (C=O) groups is 4. The van der Waals surface area contributed by atoms with E-state index in [4.69, 9.17) is 0 Å². The normalized spacial score (nSPS) is 10.3. The van der Waals surface area contributed by atoms with Crippen molar-refractivity contribution in [3.63, 3.8) is 0 Å². The Labute approximate surface area is 168 Å². The topological polar surface area (TPSA) is 80.3 Å². The fraction of sp³-hybridized carbons (Fsp3) is 0.0833. The molecule has 0 fully saturated rings. The molecule has 0 atom stereocenters. The Morgan fingerprint density at radius 1 is 0.517 bits per heavy atom. The van der Waals surface area contributed by atoms with Gasteiger partial charge in [-0.25, -0.2) is 0 Å². The van der Waals surface area contributed by atoms with Gasteiger partial charge in [0.05, 0.1) is 0 Å². The van der Waals surface area contributed by atoms with Crippen LogP contribution < -0.4 is 5.32 Å². The number of ketones is 3. The van der Waals surface area contributed by atoms with Crippen LogP contribution in [0.3, 0.4) is 0 Å². The molecule has 3 rings (SSSR count). The van der Waals surface area contributed by atoms with Crippen LogP contribution in [0, 0.1) is 0 Å². The number of rotatable bonds is 6. The van der Waals surface area contributed by atoms with E-state index < -0.39 is 0 Å². The summed E-state index contributed by atoms with van der Waals surface area (Å²) in [4.78, 5) is 47.6. The highest BCUT2D eigenvalue weighted by Crippen LogP contribution is 2.15. The van der Waals surface area contributed by atoms with Gasteiger partial charge in [-0.2, -0.15) is 0 Å². The highest BCUT2D eigenvalue weighted by atomic mass is 16.2. The van der Waals surface area contributed by atoms with Gasteiger partial charge in [0.25, 0.3) is 5.91 Å². The number of hydrogen-bond acceptors (Lipinski definition) is 4.